The van der Waals surface area contributed by atoms with Crippen molar-refractivity contribution in [3.8, 4) is 0 Å². The van der Waals surface area contributed by atoms with Crippen LogP contribution in [0, 0.1) is 20.8 Å². The number of sulfonamides is 1. The van der Waals surface area contributed by atoms with E-state index in [-0.39, 0.29) is 16.1 Å². The molecular weight excluding hydrogens is 434 g/mol. The second-order valence-electron chi connectivity index (χ2n) is 7.23. The average Bonchev–Trinajstić information content (AvgIpc) is 3.10. The minimum Gasteiger partial charge on any atom is -0.414 e. The molecule has 0 fully saturated rings. The molecule has 0 spiro atoms. The van der Waals surface area contributed by atoms with E-state index in [1.54, 1.807) is 49.4 Å². The van der Waals surface area contributed by atoms with Crippen LogP contribution < -0.4 is 9.24 Å². The zero-order valence-corrected chi connectivity index (χ0v) is 18.7. The highest BCUT2D eigenvalue weighted by molar-refractivity contribution is 7.93. The molecule has 0 aliphatic heterocycles. The number of carbonyl (C=O) groups is 1. The van der Waals surface area contributed by atoms with Gasteiger partial charge in [-0.25, -0.2) is 13.2 Å². The number of nitrogens with zero attached hydrogens (tertiary/aromatic N) is 1. The van der Waals surface area contributed by atoms with Gasteiger partial charge in [0.15, 0.2) is 0 Å². The summed E-state index contributed by atoms with van der Waals surface area (Å²) in [5.41, 5.74) is 3.01. The lowest BCUT2D eigenvalue weighted by Gasteiger charge is -2.24. The molecule has 0 aliphatic carbocycles. The van der Waals surface area contributed by atoms with Crippen molar-refractivity contribution < 1.29 is 17.6 Å². The van der Waals surface area contributed by atoms with Gasteiger partial charge in [-0.15, -0.1) is 0 Å². The number of anilines is 1. The number of fused-ring (bicyclic) bond motifs is 1. The first-order valence-corrected chi connectivity index (χ1v) is 11.7. The van der Waals surface area contributed by atoms with Crippen LogP contribution in [0.5, 0.6) is 0 Å². The van der Waals surface area contributed by atoms with Crippen LogP contribution in [0.1, 0.15) is 27.0 Å². The minimum absolute atomic E-state index is 0.0559. The van der Waals surface area contributed by atoms with Crippen LogP contribution in [0.2, 0.25) is 0 Å². The van der Waals surface area contributed by atoms with Gasteiger partial charge in [-0.2, -0.15) is 4.31 Å². The Balaban J connectivity index is 1.96. The molecule has 0 bridgehead atoms. The highest BCUT2D eigenvalue weighted by Crippen LogP contribution is 2.32. The third kappa shape index (κ3) is 3.80. The van der Waals surface area contributed by atoms with E-state index in [0.717, 1.165) is 26.8 Å². The van der Waals surface area contributed by atoms with Crippen molar-refractivity contribution in [3.05, 3.63) is 92.7 Å². The Morgan fingerprint density at radius 2 is 1.58 bits per heavy atom. The molecule has 0 unspecified atom stereocenters. The summed E-state index contributed by atoms with van der Waals surface area (Å²) < 4.78 is 33.9. The Labute approximate surface area is 183 Å². The molecule has 0 radical (unpaired) electrons. The van der Waals surface area contributed by atoms with Gasteiger partial charge in [0, 0.05) is 5.56 Å². The SMILES string of the molecule is Cc1cc(C)c(S(=O)(=O)N(C(=O)c2ccccc2)c2ccc3oc(=O)sc3c2)cc1C. The summed E-state index contributed by atoms with van der Waals surface area (Å²) in [4.78, 5) is 24.6. The predicted octanol–water partition coefficient (Wildman–Crippen LogP) is 4.82. The van der Waals surface area contributed by atoms with Gasteiger partial charge in [-0.05, 0) is 73.9 Å². The fraction of sp³-hybridized carbons (Fsp3) is 0.130. The molecule has 0 atom stereocenters. The Bertz CT molecular complexity index is 1470. The van der Waals surface area contributed by atoms with Crippen molar-refractivity contribution in [2.75, 3.05) is 4.31 Å². The quantitative estimate of drug-likeness (QED) is 0.442. The van der Waals surface area contributed by atoms with Gasteiger partial charge in [0.25, 0.3) is 15.9 Å². The largest absolute Gasteiger partial charge is 0.414 e. The van der Waals surface area contributed by atoms with Crippen molar-refractivity contribution in [1.29, 1.82) is 0 Å². The molecule has 0 aliphatic rings. The van der Waals surface area contributed by atoms with Gasteiger partial charge >= 0.3 is 4.94 Å². The van der Waals surface area contributed by atoms with E-state index >= 15 is 0 Å². The van der Waals surface area contributed by atoms with E-state index in [4.69, 9.17) is 4.42 Å². The van der Waals surface area contributed by atoms with E-state index in [0.29, 0.717) is 15.8 Å². The van der Waals surface area contributed by atoms with Crippen molar-refractivity contribution >= 4 is 43.2 Å². The number of hydrogen-bond acceptors (Lipinski definition) is 6. The Morgan fingerprint density at radius 3 is 2.29 bits per heavy atom. The normalized spacial score (nSPS) is 11.6. The average molecular weight is 454 g/mol. The fourth-order valence-electron chi connectivity index (χ4n) is 3.36. The van der Waals surface area contributed by atoms with Gasteiger partial charge in [0.2, 0.25) is 0 Å². The zero-order chi connectivity index (χ0) is 22.3. The lowest BCUT2D eigenvalue weighted by atomic mass is 10.1. The number of aryl methyl sites for hydroxylation is 3. The first kappa shape index (κ1) is 21.0. The maximum atomic E-state index is 13.8. The Kier molecular flexibility index (Phi) is 5.28. The summed E-state index contributed by atoms with van der Waals surface area (Å²) in [7, 11) is -4.25. The van der Waals surface area contributed by atoms with Crippen LogP contribution in [-0.4, -0.2) is 14.3 Å². The van der Waals surface area contributed by atoms with Gasteiger partial charge in [-0.1, -0.05) is 35.6 Å². The number of carbonyl (C=O) groups excluding carboxylic acids is 1. The second-order valence-corrected chi connectivity index (χ2v) is 9.96. The van der Waals surface area contributed by atoms with Crippen molar-refractivity contribution in [3.63, 3.8) is 0 Å². The lowest BCUT2D eigenvalue weighted by molar-refractivity contribution is 0.101. The van der Waals surface area contributed by atoms with Crippen molar-refractivity contribution in [2.45, 2.75) is 25.7 Å². The summed E-state index contributed by atoms with van der Waals surface area (Å²) in [5.74, 6) is -0.687. The third-order valence-corrected chi connectivity index (χ3v) is 7.71. The molecule has 1 heterocycles. The van der Waals surface area contributed by atoms with Crippen molar-refractivity contribution in [2.24, 2.45) is 0 Å². The molecule has 8 heteroatoms. The van der Waals surface area contributed by atoms with Crippen LogP contribution in [-0.2, 0) is 10.0 Å². The molecule has 0 saturated carbocycles. The molecule has 3 aromatic carbocycles. The number of amides is 1. The zero-order valence-electron chi connectivity index (χ0n) is 17.1. The molecule has 158 valence electrons. The van der Waals surface area contributed by atoms with Gasteiger partial charge < -0.3 is 4.42 Å². The molecule has 4 rings (SSSR count). The summed E-state index contributed by atoms with van der Waals surface area (Å²) in [6.07, 6.45) is 0. The van der Waals surface area contributed by atoms with Crippen LogP contribution in [0.15, 0.2) is 74.8 Å². The summed E-state index contributed by atoms with van der Waals surface area (Å²) >= 11 is 0.850. The number of benzene rings is 3. The highest BCUT2D eigenvalue weighted by Gasteiger charge is 2.33. The van der Waals surface area contributed by atoms with Crippen LogP contribution in [0.25, 0.3) is 10.3 Å². The predicted molar refractivity (Wildman–Crippen MR) is 121 cm³/mol. The third-order valence-electron chi connectivity index (χ3n) is 5.06. The highest BCUT2D eigenvalue weighted by atomic mass is 32.2. The fourth-order valence-corrected chi connectivity index (χ4v) is 5.77. The lowest BCUT2D eigenvalue weighted by Crippen LogP contribution is -2.37. The summed E-state index contributed by atoms with van der Waals surface area (Å²) in [5, 5.41) is 0. The molecule has 4 aromatic rings. The molecule has 1 aromatic heterocycles. The standard InChI is InChI=1S/C23H19NO5S2/c1-14-11-16(3)21(12-15(14)2)31(27,28)24(22(25)17-7-5-4-6-8-17)18-9-10-19-20(13-18)30-23(26)29-19/h4-13H,1-3H3. The summed E-state index contributed by atoms with van der Waals surface area (Å²) in [6.45, 7) is 5.43. The van der Waals surface area contributed by atoms with E-state index in [1.165, 1.54) is 18.2 Å². The van der Waals surface area contributed by atoms with E-state index in [2.05, 4.69) is 0 Å². The molecule has 1 amide bonds. The maximum absolute atomic E-state index is 13.8. The topological polar surface area (TPSA) is 84.7 Å². The van der Waals surface area contributed by atoms with E-state index in [1.807, 2.05) is 13.8 Å². The van der Waals surface area contributed by atoms with Crippen LogP contribution >= 0.6 is 11.3 Å². The van der Waals surface area contributed by atoms with Gasteiger partial charge in [0.05, 0.1) is 15.3 Å². The molecule has 6 nitrogen and oxygen atoms in total. The monoisotopic (exact) mass is 453 g/mol. The number of rotatable bonds is 4. The first-order valence-electron chi connectivity index (χ1n) is 9.45. The first-order chi connectivity index (χ1) is 14.7. The van der Waals surface area contributed by atoms with Crippen LogP contribution in [0.4, 0.5) is 5.69 Å². The van der Waals surface area contributed by atoms with E-state index < -0.39 is 20.9 Å². The Morgan fingerprint density at radius 1 is 0.903 bits per heavy atom. The molecule has 0 N–H and O–H groups in total. The van der Waals surface area contributed by atoms with Crippen molar-refractivity contribution in [1.82, 2.24) is 0 Å². The second kappa shape index (κ2) is 7.79. The van der Waals surface area contributed by atoms with E-state index in [9.17, 15) is 18.0 Å². The molecular formula is C23H19NO5S2. The molecule has 0 saturated heterocycles. The van der Waals surface area contributed by atoms with Crippen LogP contribution in [0.3, 0.4) is 0 Å². The van der Waals surface area contributed by atoms with Gasteiger partial charge in [0.1, 0.15) is 5.58 Å². The number of hydrogen-bond donors (Lipinski definition) is 0. The smallest absolute Gasteiger partial charge is 0.396 e. The summed E-state index contributed by atoms with van der Waals surface area (Å²) in [6, 6.07) is 16.0. The minimum atomic E-state index is -4.25. The van der Waals surface area contributed by atoms with Gasteiger partial charge in [-0.3, -0.25) is 4.79 Å². The Hall–Kier alpha value is -3.23. The molecule has 31 heavy (non-hydrogen) atoms. The maximum Gasteiger partial charge on any atom is 0.396 e.